The summed E-state index contributed by atoms with van der Waals surface area (Å²) < 4.78 is 5.74. The maximum Gasteiger partial charge on any atom is 0.227 e. The molecule has 1 fully saturated rings. The molecule has 0 saturated carbocycles. The summed E-state index contributed by atoms with van der Waals surface area (Å²) in [5, 5.41) is 3.42. The van der Waals surface area contributed by atoms with E-state index in [9.17, 15) is 9.59 Å². The number of halogens is 1. The van der Waals surface area contributed by atoms with Gasteiger partial charge in [0.15, 0.2) is 0 Å². The van der Waals surface area contributed by atoms with Crippen molar-refractivity contribution >= 4 is 29.1 Å². The van der Waals surface area contributed by atoms with Gasteiger partial charge in [0.1, 0.15) is 12.4 Å². The first-order valence-corrected chi connectivity index (χ1v) is 10.1. The van der Waals surface area contributed by atoms with Crippen molar-refractivity contribution in [3.8, 4) is 5.75 Å². The van der Waals surface area contributed by atoms with Gasteiger partial charge in [0, 0.05) is 50.4 Å². The molecule has 0 radical (unpaired) electrons. The van der Waals surface area contributed by atoms with Gasteiger partial charge in [-0.2, -0.15) is 0 Å². The Morgan fingerprint density at radius 2 is 1.66 bits per heavy atom. The van der Waals surface area contributed by atoms with Crippen LogP contribution in [0.5, 0.6) is 5.75 Å². The molecule has 0 atom stereocenters. The average molecular weight is 416 g/mol. The molecule has 0 aliphatic carbocycles. The number of anilines is 1. The van der Waals surface area contributed by atoms with E-state index in [1.165, 1.54) is 6.92 Å². The molecule has 0 aromatic heterocycles. The molecule has 3 rings (SSSR count). The van der Waals surface area contributed by atoms with Gasteiger partial charge in [-0.15, -0.1) is 0 Å². The minimum atomic E-state index is -0.106. The van der Waals surface area contributed by atoms with Gasteiger partial charge in [-0.3, -0.25) is 14.5 Å². The van der Waals surface area contributed by atoms with Crippen molar-refractivity contribution in [3.05, 3.63) is 59.1 Å². The molecule has 1 N–H and O–H groups in total. The fourth-order valence-corrected chi connectivity index (χ4v) is 3.37. The van der Waals surface area contributed by atoms with Gasteiger partial charge in [-0.05, 0) is 42.0 Å². The van der Waals surface area contributed by atoms with Crippen molar-refractivity contribution < 1.29 is 14.3 Å². The van der Waals surface area contributed by atoms with E-state index in [-0.39, 0.29) is 11.8 Å². The molecule has 1 saturated heterocycles. The zero-order valence-electron chi connectivity index (χ0n) is 16.6. The molecule has 2 aromatic rings. The number of hydrogen-bond acceptors (Lipinski definition) is 4. The third-order valence-corrected chi connectivity index (χ3v) is 5.10. The molecular formula is C22H26ClN3O3. The number of benzene rings is 2. The summed E-state index contributed by atoms with van der Waals surface area (Å²) in [4.78, 5) is 27.9. The Bertz CT molecular complexity index is 816. The van der Waals surface area contributed by atoms with E-state index >= 15 is 0 Å². The molecule has 7 heteroatoms. The van der Waals surface area contributed by atoms with Crippen LogP contribution in [0.25, 0.3) is 0 Å². The number of hydrogen-bond donors (Lipinski definition) is 1. The van der Waals surface area contributed by atoms with Gasteiger partial charge in [-0.1, -0.05) is 23.7 Å². The summed E-state index contributed by atoms with van der Waals surface area (Å²) in [6.07, 6.45) is 0.375. The lowest BCUT2D eigenvalue weighted by atomic mass is 10.1. The largest absolute Gasteiger partial charge is 0.492 e. The highest BCUT2D eigenvalue weighted by atomic mass is 35.5. The monoisotopic (exact) mass is 415 g/mol. The second-order valence-electron chi connectivity index (χ2n) is 7.08. The van der Waals surface area contributed by atoms with E-state index in [1.54, 1.807) is 0 Å². The second kappa shape index (κ2) is 10.3. The number of nitrogens with zero attached hydrogens (tertiary/aromatic N) is 2. The Morgan fingerprint density at radius 3 is 2.28 bits per heavy atom. The first-order chi connectivity index (χ1) is 14.0. The summed E-state index contributed by atoms with van der Waals surface area (Å²) in [6, 6.07) is 14.8. The first-order valence-electron chi connectivity index (χ1n) is 9.74. The summed E-state index contributed by atoms with van der Waals surface area (Å²) in [7, 11) is 0. The van der Waals surface area contributed by atoms with Crippen molar-refractivity contribution in [3.63, 3.8) is 0 Å². The molecular weight excluding hydrogens is 390 g/mol. The van der Waals surface area contributed by atoms with E-state index in [1.807, 2.05) is 53.4 Å². The first kappa shape index (κ1) is 21.1. The van der Waals surface area contributed by atoms with Crippen LogP contribution in [-0.2, 0) is 16.0 Å². The van der Waals surface area contributed by atoms with E-state index in [4.69, 9.17) is 16.3 Å². The molecule has 1 heterocycles. The van der Waals surface area contributed by atoms with Crippen LogP contribution in [0.2, 0.25) is 5.02 Å². The van der Waals surface area contributed by atoms with Crippen molar-refractivity contribution in [2.45, 2.75) is 13.3 Å². The Balaban J connectivity index is 1.37. The van der Waals surface area contributed by atoms with Crippen LogP contribution in [0.3, 0.4) is 0 Å². The van der Waals surface area contributed by atoms with Crippen LogP contribution in [0.4, 0.5) is 5.69 Å². The third kappa shape index (κ3) is 6.76. The van der Waals surface area contributed by atoms with Crippen LogP contribution in [0.1, 0.15) is 12.5 Å². The number of rotatable bonds is 7. The number of amides is 2. The van der Waals surface area contributed by atoms with Crippen LogP contribution in [0, 0.1) is 0 Å². The Kier molecular flexibility index (Phi) is 7.49. The predicted molar refractivity (Wildman–Crippen MR) is 114 cm³/mol. The lowest BCUT2D eigenvalue weighted by Crippen LogP contribution is -2.49. The fourth-order valence-electron chi connectivity index (χ4n) is 3.24. The lowest BCUT2D eigenvalue weighted by Gasteiger charge is -2.34. The molecule has 1 aliphatic rings. The van der Waals surface area contributed by atoms with Gasteiger partial charge in [0.25, 0.3) is 0 Å². The van der Waals surface area contributed by atoms with E-state index in [0.29, 0.717) is 18.1 Å². The van der Waals surface area contributed by atoms with Crippen molar-refractivity contribution in [1.29, 1.82) is 0 Å². The fraction of sp³-hybridized carbons (Fsp3) is 0.364. The molecule has 154 valence electrons. The number of piperazine rings is 1. The van der Waals surface area contributed by atoms with Crippen molar-refractivity contribution in [2.24, 2.45) is 0 Å². The lowest BCUT2D eigenvalue weighted by molar-refractivity contribution is -0.132. The summed E-state index contributed by atoms with van der Waals surface area (Å²) >= 11 is 5.87. The second-order valence-corrected chi connectivity index (χ2v) is 7.52. The Hall–Kier alpha value is -2.57. The highest BCUT2D eigenvalue weighted by Gasteiger charge is 2.21. The Morgan fingerprint density at radius 1 is 1.00 bits per heavy atom. The van der Waals surface area contributed by atoms with E-state index < -0.39 is 0 Å². The number of carbonyl (C=O) groups is 2. The van der Waals surface area contributed by atoms with E-state index in [0.717, 1.165) is 49.7 Å². The smallest absolute Gasteiger partial charge is 0.227 e. The van der Waals surface area contributed by atoms with Gasteiger partial charge >= 0.3 is 0 Å². The minimum absolute atomic E-state index is 0.106. The molecule has 0 unspecified atom stereocenters. The molecule has 0 spiro atoms. The SMILES string of the molecule is CC(=O)Nc1ccc(CC(=O)N2CCN(CCOc3ccc(Cl)cc3)CC2)cc1. The molecule has 0 bridgehead atoms. The number of nitrogens with one attached hydrogen (secondary N) is 1. The minimum Gasteiger partial charge on any atom is -0.492 e. The number of ether oxygens (including phenoxy) is 1. The molecule has 2 amide bonds. The van der Waals surface area contributed by atoms with Crippen LogP contribution in [-0.4, -0.2) is 60.9 Å². The normalized spacial score (nSPS) is 14.5. The maximum absolute atomic E-state index is 12.6. The summed E-state index contributed by atoms with van der Waals surface area (Å²) in [6.45, 7) is 6.05. The van der Waals surface area contributed by atoms with Crippen molar-refractivity contribution in [2.75, 3.05) is 44.6 Å². The molecule has 29 heavy (non-hydrogen) atoms. The van der Waals surface area contributed by atoms with Crippen LogP contribution in [0.15, 0.2) is 48.5 Å². The predicted octanol–water partition coefficient (Wildman–Crippen LogP) is 3.06. The van der Waals surface area contributed by atoms with Gasteiger partial charge in [-0.25, -0.2) is 0 Å². The summed E-state index contributed by atoms with van der Waals surface area (Å²) in [5.74, 6) is 0.840. The van der Waals surface area contributed by atoms with E-state index in [2.05, 4.69) is 10.2 Å². The molecule has 6 nitrogen and oxygen atoms in total. The number of carbonyl (C=O) groups excluding carboxylic acids is 2. The van der Waals surface area contributed by atoms with Gasteiger partial charge < -0.3 is 15.0 Å². The maximum atomic E-state index is 12.6. The standard InChI is InChI=1S/C22H26ClN3O3/c1-17(27)24-20-6-2-18(3-7-20)16-22(28)26-12-10-25(11-13-26)14-15-29-21-8-4-19(23)5-9-21/h2-9H,10-16H2,1H3,(H,24,27). The van der Waals surface area contributed by atoms with Gasteiger partial charge in [0.2, 0.25) is 11.8 Å². The quantitative estimate of drug-likeness (QED) is 0.755. The highest BCUT2D eigenvalue weighted by molar-refractivity contribution is 6.30. The zero-order chi connectivity index (χ0) is 20.6. The Labute approximate surface area is 176 Å². The van der Waals surface area contributed by atoms with Crippen LogP contribution >= 0.6 is 11.6 Å². The summed E-state index contributed by atoms with van der Waals surface area (Å²) in [5.41, 5.74) is 1.69. The van der Waals surface area contributed by atoms with Gasteiger partial charge in [0.05, 0.1) is 6.42 Å². The molecule has 2 aromatic carbocycles. The third-order valence-electron chi connectivity index (χ3n) is 4.84. The van der Waals surface area contributed by atoms with Crippen molar-refractivity contribution in [1.82, 2.24) is 9.80 Å². The zero-order valence-corrected chi connectivity index (χ0v) is 17.3. The average Bonchev–Trinajstić information content (AvgIpc) is 2.71. The van der Waals surface area contributed by atoms with Crippen LogP contribution < -0.4 is 10.1 Å². The topological polar surface area (TPSA) is 61.9 Å². The molecule has 1 aliphatic heterocycles. The highest BCUT2D eigenvalue weighted by Crippen LogP contribution is 2.16.